The first kappa shape index (κ1) is 15.1. The van der Waals surface area contributed by atoms with Gasteiger partial charge in [-0.05, 0) is 45.0 Å². The molecular formula is C14H24N2O2. The Morgan fingerprint density at radius 3 is 2.61 bits per heavy atom. The SMILES string of the molecule is CC(C)OCC(O)CN(C)CCc1ccncc1. The molecule has 0 aliphatic carbocycles. The lowest BCUT2D eigenvalue weighted by Crippen LogP contribution is -2.34. The minimum atomic E-state index is -0.421. The average Bonchev–Trinajstić information content (AvgIpc) is 2.35. The highest BCUT2D eigenvalue weighted by atomic mass is 16.5. The molecule has 1 aromatic rings. The van der Waals surface area contributed by atoms with Crippen molar-refractivity contribution in [3.63, 3.8) is 0 Å². The molecule has 0 amide bonds. The van der Waals surface area contributed by atoms with Crippen LogP contribution in [-0.4, -0.2) is 53.9 Å². The summed E-state index contributed by atoms with van der Waals surface area (Å²) in [5.74, 6) is 0. The lowest BCUT2D eigenvalue weighted by molar-refractivity contribution is -0.00541. The van der Waals surface area contributed by atoms with Gasteiger partial charge in [-0.15, -0.1) is 0 Å². The number of ether oxygens (including phenoxy) is 1. The van der Waals surface area contributed by atoms with Crippen molar-refractivity contribution in [1.82, 2.24) is 9.88 Å². The summed E-state index contributed by atoms with van der Waals surface area (Å²) in [5, 5.41) is 9.79. The molecule has 1 unspecified atom stereocenters. The van der Waals surface area contributed by atoms with Crippen LogP contribution in [0.25, 0.3) is 0 Å². The van der Waals surface area contributed by atoms with Gasteiger partial charge >= 0.3 is 0 Å². The number of hydrogen-bond acceptors (Lipinski definition) is 4. The van der Waals surface area contributed by atoms with Crippen molar-refractivity contribution < 1.29 is 9.84 Å². The summed E-state index contributed by atoms with van der Waals surface area (Å²) >= 11 is 0. The topological polar surface area (TPSA) is 45.6 Å². The van der Waals surface area contributed by atoms with Gasteiger partial charge in [0.1, 0.15) is 0 Å². The summed E-state index contributed by atoms with van der Waals surface area (Å²) in [7, 11) is 2.01. The normalized spacial score (nSPS) is 13.2. The van der Waals surface area contributed by atoms with E-state index in [-0.39, 0.29) is 6.10 Å². The van der Waals surface area contributed by atoms with E-state index in [9.17, 15) is 5.11 Å². The van der Waals surface area contributed by atoms with E-state index in [1.807, 2.05) is 33.0 Å². The first-order chi connectivity index (χ1) is 8.58. The maximum absolute atomic E-state index is 9.79. The molecular weight excluding hydrogens is 228 g/mol. The fourth-order valence-electron chi connectivity index (χ4n) is 1.68. The second-order valence-corrected chi connectivity index (χ2v) is 4.90. The van der Waals surface area contributed by atoms with Gasteiger partial charge in [0.2, 0.25) is 0 Å². The molecule has 0 bridgehead atoms. The van der Waals surface area contributed by atoms with Gasteiger partial charge in [0, 0.05) is 25.5 Å². The predicted molar refractivity (Wildman–Crippen MR) is 72.5 cm³/mol. The highest BCUT2D eigenvalue weighted by molar-refractivity contribution is 5.09. The molecule has 102 valence electrons. The third-order valence-corrected chi connectivity index (χ3v) is 2.68. The highest BCUT2D eigenvalue weighted by Gasteiger charge is 2.09. The van der Waals surface area contributed by atoms with Gasteiger partial charge in [-0.1, -0.05) is 0 Å². The minimum Gasteiger partial charge on any atom is -0.389 e. The largest absolute Gasteiger partial charge is 0.389 e. The molecule has 0 radical (unpaired) electrons. The zero-order chi connectivity index (χ0) is 13.4. The van der Waals surface area contributed by atoms with Crippen LogP contribution < -0.4 is 0 Å². The van der Waals surface area contributed by atoms with Crippen LogP contribution in [0.4, 0.5) is 0 Å². The van der Waals surface area contributed by atoms with Gasteiger partial charge in [-0.25, -0.2) is 0 Å². The lowest BCUT2D eigenvalue weighted by atomic mass is 10.2. The van der Waals surface area contributed by atoms with E-state index in [1.54, 1.807) is 12.4 Å². The van der Waals surface area contributed by atoms with Crippen LogP contribution in [0.5, 0.6) is 0 Å². The maximum Gasteiger partial charge on any atom is 0.0900 e. The second kappa shape index (κ2) is 8.19. The zero-order valence-corrected chi connectivity index (χ0v) is 11.5. The zero-order valence-electron chi connectivity index (χ0n) is 11.5. The van der Waals surface area contributed by atoms with Crippen LogP contribution in [0, 0.1) is 0 Å². The number of aliphatic hydroxyl groups excluding tert-OH is 1. The van der Waals surface area contributed by atoms with Gasteiger partial charge in [0.05, 0.1) is 18.8 Å². The molecule has 1 rings (SSSR count). The van der Waals surface area contributed by atoms with Crippen LogP contribution in [0.3, 0.4) is 0 Å². The van der Waals surface area contributed by atoms with Crippen molar-refractivity contribution in [3.8, 4) is 0 Å². The van der Waals surface area contributed by atoms with Crippen LogP contribution >= 0.6 is 0 Å². The summed E-state index contributed by atoms with van der Waals surface area (Å²) in [4.78, 5) is 6.11. The Labute approximate surface area is 110 Å². The first-order valence-corrected chi connectivity index (χ1v) is 6.45. The monoisotopic (exact) mass is 252 g/mol. The Morgan fingerprint density at radius 2 is 2.00 bits per heavy atom. The molecule has 4 heteroatoms. The van der Waals surface area contributed by atoms with Crippen LogP contribution in [0.1, 0.15) is 19.4 Å². The molecule has 0 saturated heterocycles. The quantitative estimate of drug-likeness (QED) is 0.758. The van der Waals surface area contributed by atoms with E-state index < -0.39 is 6.10 Å². The second-order valence-electron chi connectivity index (χ2n) is 4.90. The van der Waals surface area contributed by atoms with Gasteiger partial charge < -0.3 is 14.7 Å². The number of rotatable bonds is 8. The van der Waals surface area contributed by atoms with Gasteiger partial charge in [-0.2, -0.15) is 0 Å². The number of aliphatic hydroxyl groups is 1. The van der Waals surface area contributed by atoms with Crippen LogP contribution in [0.2, 0.25) is 0 Å². The van der Waals surface area contributed by atoms with E-state index in [2.05, 4.69) is 9.88 Å². The summed E-state index contributed by atoms with van der Waals surface area (Å²) in [5.41, 5.74) is 1.27. The van der Waals surface area contributed by atoms with Crippen molar-refractivity contribution in [1.29, 1.82) is 0 Å². The Kier molecular flexibility index (Phi) is 6.86. The summed E-state index contributed by atoms with van der Waals surface area (Å²) in [6.07, 6.45) is 4.33. The Morgan fingerprint density at radius 1 is 1.33 bits per heavy atom. The minimum absolute atomic E-state index is 0.168. The highest BCUT2D eigenvalue weighted by Crippen LogP contribution is 2.00. The Balaban J connectivity index is 2.19. The van der Waals surface area contributed by atoms with Gasteiger partial charge in [0.25, 0.3) is 0 Å². The third-order valence-electron chi connectivity index (χ3n) is 2.68. The molecule has 0 aromatic carbocycles. The van der Waals surface area contributed by atoms with Crippen molar-refractivity contribution in [3.05, 3.63) is 30.1 Å². The molecule has 1 aromatic heterocycles. The molecule has 18 heavy (non-hydrogen) atoms. The lowest BCUT2D eigenvalue weighted by Gasteiger charge is -2.21. The number of hydrogen-bond donors (Lipinski definition) is 1. The van der Waals surface area contributed by atoms with E-state index in [1.165, 1.54) is 5.56 Å². The fraction of sp³-hybridized carbons (Fsp3) is 0.643. The standard InChI is InChI=1S/C14H24N2O2/c1-12(2)18-11-14(17)10-16(3)9-6-13-4-7-15-8-5-13/h4-5,7-8,12,14,17H,6,9-11H2,1-3H3. The third kappa shape index (κ3) is 6.69. The molecule has 0 aliphatic rings. The average molecular weight is 252 g/mol. The van der Waals surface area contributed by atoms with E-state index in [0.717, 1.165) is 13.0 Å². The van der Waals surface area contributed by atoms with E-state index in [4.69, 9.17) is 4.74 Å². The number of aromatic nitrogens is 1. The Hall–Kier alpha value is -0.970. The van der Waals surface area contributed by atoms with Crippen molar-refractivity contribution >= 4 is 0 Å². The van der Waals surface area contributed by atoms with Crippen molar-refractivity contribution in [2.75, 3.05) is 26.7 Å². The van der Waals surface area contributed by atoms with Gasteiger partial charge in [0.15, 0.2) is 0 Å². The molecule has 4 nitrogen and oxygen atoms in total. The van der Waals surface area contributed by atoms with Gasteiger partial charge in [-0.3, -0.25) is 4.98 Å². The molecule has 0 spiro atoms. The molecule has 1 N–H and O–H groups in total. The molecule has 1 heterocycles. The van der Waals surface area contributed by atoms with Crippen LogP contribution in [-0.2, 0) is 11.2 Å². The molecule has 0 saturated carbocycles. The van der Waals surface area contributed by atoms with E-state index in [0.29, 0.717) is 13.2 Å². The maximum atomic E-state index is 9.79. The van der Waals surface area contributed by atoms with Crippen LogP contribution in [0.15, 0.2) is 24.5 Å². The molecule has 0 aliphatic heterocycles. The van der Waals surface area contributed by atoms with E-state index >= 15 is 0 Å². The number of likely N-dealkylation sites (N-methyl/N-ethyl adjacent to an activating group) is 1. The Bertz CT molecular complexity index is 317. The summed E-state index contributed by atoms with van der Waals surface area (Å²) in [6.45, 7) is 5.90. The number of nitrogens with zero attached hydrogens (tertiary/aromatic N) is 2. The smallest absolute Gasteiger partial charge is 0.0900 e. The molecule has 0 fully saturated rings. The fourth-order valence-corrected chi connectivity index (χ4v) is 1.68. The predicted octanol–water partition coefficient (Wildman–Crippen LogP) is 1.34. The summed E-state index contributed by atoms with van der Waals surface area (Å²) < 4.78 is 5.38. The summed E-state index contributed by atoms with van der Waals surface area (Å²) in [6, 6.07) is 4.04. The van der Waals surface area contributed by atoms with Crippen molar-refractivity contribution in [2.45, 2.75) is 32.5 Å². The molecule has 1 atom stereocenters. The van der Waals surface area contributed by atoms with Crippen molar-refractivity contribution in [2.24, 2.45) is 0 Å². The number of pyridine rings is 1. The first-order valence-electron chi connectivity index (χ1n) is 6.45.